The molecule has 0 fully saturated rings. The fourth-order valence-corrected chi connectivity index (χ4v) is 16.8. The van der Waals surface area contributed by atoms with Crippen LogP contribution in [0.4, 0.5) is 0 Å². The van der Waals surface area contributed by atoms with Crippen molar-refractivity contribution in [1.82, 2.24) is 0 Å². The molecule has 0 radical (unpaired) electrons. The number of rotatable bonds is 15. The first kappa shape index (κ1) is 26.3. The number of hydrogen-bond acceptors (Lipinski definition) is 4. The van der Waals surface area contributed by atoms with E-state index in [1.165, 1.54) is 38.5 Å². The SMILES string of the molecule is CCC[CH2][Sn]([CH2]CCC)([CH2]CCC)[O]C(=O)C(N=C(C)c1ccco1)C(C)CC. The molecule has 0 aliphatic rings. The topological polar surface area (TPSA) is 51.8 Å². The molecule has 0 saturated carbocycles. The van der Waals surface area contributed by atoms with Crippen LogP contribution < -0.4 is 0 Å². The molecule has 1 aromatic heterocycles. The minimum atomic E-state index is -3.00. The molecule has 0 saturated heterocycles. The van der Waals surface area contributed by atoms with E-state index in [2.05, 4.69) is 34.6 Å². The predicted molar refractivity (Wildman–Crippen MR) is 125 cm³/mol. The summed E-state index contributed by atoms with van der Waals surface area (Å²) in [4.78, 5) is 18.2. The van der Waals surface area contributed by atoms with Gasteiger partial charge in [-0.3, -0.25) is 0 Å². The second kappa shape index (κ2) is 14.3. The number of unbranched alkanes of at least 4 members (excludes halogenated alkanes) is 3. The molecule has 1 aromatic rings. The number of carbonyl (C=O) groups is 1. The summed E-state index contributed by atoms with van der Waals surface area (Å²) >= 11 is -3.00. The van der Waals surface area contributed by atoms with Crippen molar-refractivity contribution in [2.75, 3.05) is 0 Å². The van der Waals surface area contributed by atoms with Crippen LogP contribution in [0.25, 0.3) is 0 Å². The molecule has 0 N–H and O–H groups in total. The fourth-order valence-electron chi connectivity index (χ4n) is 3.69. The molecule has 2 atom stereocenters. The van der Waals surface area contributed by atoms with Crippen molar-refractivity contribution < 1.29 is 12.3 Å². The molecule has 0 aliphatic carbocycles. The number of furan rings is 1. The van der Waals surface area contributed by atoms with Gasteiger partial charge < -0.3 is 0 Å². The molecule has 1 heterocycles. The van der Waals surface area contributed by atoms with Gasteiger partial charge in [0.1, 0.15) is 0 Å². The summed E-state index contributed by atoms with van der Waals surface area (Å²) in [6.07, 6.45) is 9.58. The Labute approximate surface area is 183 Å². The van der Waals surface area contributed by atoms with Crippen molar-refractivity contribution in [3.05, 3.63) is 24.2 Å². The average Bonchev–Trinajstić information content (AvgIpc) is 3.27. The standard InChI is InChI=1S/C12H17NO3.3C4H9.Sn/c1-4-8(2)11(12(14)15)13-9(3)10-6-5-7-16-10;3*1-3-4-2;/h5-8,11H,4H2,1-3H3,(H,14,15);3*1,3-4H2,2H3;/q;;;;+1/p-1. The van der Waals surface area contributed by atoms with Crippen LogP contribution in [0.3, 0.4) is 0 Å². The summed E-state index contributed by atoms with van der Waals surface area (Å²) < 4.78 is 15.5. The third kappa shape index (κ3) is 8.85. The summed E-state index contributed by atoms with van der Waals surface area (Å²) in [5.41, 5.74) is 0.772. The van der Waals surface area contributed by atoms with Crippen molar-refractivity contribution in [2.24, 2.45) is 10.9 Å². The van der Waals surface area contributed by atoms with Crippen LogP contribution in [0.1, 0.15) is 92.2 Å². The summed E-state index contributed by atoms with van der Waals surface area (Å²) in [5, 5.41) is 0. The predicted octanol–water partition coefficient (Wildman–Crippen LogP) is 7.39. The first-order chi connectivity index (χ1) is 13.9. The first-order valence-corrected chi connectivity index (χ1v) is 19.0. The van der Waals surface area contributed by atoms with E-state index in [4.69, 9.17) is 12.5 Å². The molecule has 0 aromatic carbocycles. The average molecular weight is 512 g/mol. The Morgan fingerprint density at radius 3 is 2.03 bits per heavy atom. The van der Waals surface area contributed by atoms with Crippen LogP contribution in [0.15, 0.2) is 27.8 Å². The van der Waals surface area contributed by atoms with Gasteiger partial charge in [-0.15, -0.1) is 0 Å². The van der Waals surface area contributed by atoms with Crippen molar-refractivity contribution in [3.8, 4) is 0 Å². The molecule has 29 heavy (non-hydrogen) atoms. The van der Waals surface area contributed by atoms with Gasteiger partial charge in [0.05, 0.1) is 0 Å². The van der Waals surface area contributed by atoms with Gasteiger partial charge in [-0.25, -0.2) is 0 Å². The summed E-state index contributed by atoms with van der Waals surface area (Å²) in [6, 6.07) is 3.31. The Morgan fingerprint density at radius 1 is 1.07 bits per heavy atom. The molecule has 5 heteroatoms. The molecule has 0 spiro atoms. The molecule has 4 nitrogen and oxygen atoms in total. The molecule has 0 amide bonds. The van der Waals surface area contributed by atoms with E-state index in [9.17, 15) is 4.79 Å². The monoisotopic (exact) mass is 513 g/mol. The van der Waals surface area contributed by atoms with Gasteiger partial charge in [0.15, 0.2) is 0 Å². The number of aliphatic imine (C=N–C) groups is 1. The summed E-state index contributed by atoms with van der Waals surface area (Å²) in [5.74, 6) is 0.799. The second-order valence-corrected chi connectivity index (χ2v) is 20.1. The van der Waals surface area contributed by atoms with Gasteiger partial charge in [0, 0.05) is 0 Å². The molecule has 0 aliphatic heterocycles. The van der Waals surface area contributed by atoms with E-state index < -0.39 is 24.8 Å². The van der Waals surface area contributed by atoms with Crippen LogP contribution in [0.5, 0.6) is 0 Å². The summed E-state index contributed by atoms with van der Waals surface area (Å²) in [6.45, 7) is 12.8. The van der Waals surface area contributed by atoms with E-state index >= 15 is 0 Å². The van der Waals surface area contributed by atoms with Gasteiger partial charge >= 0.3 is 184 Å². The summed E-state index contributed by atoms with van der Waals surface area (Å²) in [7, 11) is 0. The minimum absolute atomic E-state index is 0.0793. The zero-order chi connectivity index (χ0) is 21.7. The van der Waals surface area contributed by atoms with E-state index in [0.717, 1.165) is 31.2 Å². The fraction of sp³-hybridized carbons (Fsp3) is 0.750. The maximum absolute atomic E-state index is 13.4. The quantitative estimate of drug-likeness (QED) is 0.182. The van der Waals surface area contributed by atoms with E-state index in [1.54, 1.807) is 6.26 Å². The zero-order valence-electron chi connectivity index (χ0n) is 19.6. The van der Waals surface area contributed by atoms with Gasteiger partial charge in [0.2, 0.25) is 0 Å². The molecule has 0 bridgehead atoms. The third-order valence-corrected chi connectivity index (χ3v) is 18.5. The Morgan fingerprint density at radius 2 is 1.62 bits per heavy atom. The Balaban J connectivity index is 3.12. The maximum atomic E-state index is 13.4. The van der Waals surface area contributed by atoms with Gasteiger partial charge in [-0.2, -0.15) is 0 Å². The third-order valence-electron chi connectivity index (χ3n) is 5.91. The number of nitrogens with zero attached hydrogens (tertiary/aromatic N) is 1. The van der Waals surface area contributed by atoms with Gasteiger partial charge in [-0.05, 0) is 0 Å². The zero-order valence-corrected chi connectivity index (χ0v) is 22.5. The van der Waals surface area contributed by atoms with E-state index in [-0.39, 0.29) is 11.9 Å². The first-order valence-electron chi connectivity index (χ1n) is 11.7. The Hall–Kier alpha value is -0.781. The van der Waals surface area contributed by atoms with Crippen molar-refractivity contribution in [3.63, 3.8) is 0 Å². The van der Waals surface area contributed by atoms with E-state index in [0.29, 0.717) is 0 Å². The molecule has 1 rings (SSSR count). The van der Waals surface area contributed by atoms with Crippen molar-refractivity contribution in [1.29, 1.82) is 0 Å². The normalized spacial score (nSPS) is 14.6. The van der Waals surface area contributed by atoms with Crippen molar-refractivity contribution in [2.45, 2.75) is 106 Å². The molecular formula is C24H43NO3Sn. The molecule has 2 unspecified atom stereocenters. The van der Waals surface area contributed by atoms with E-state index in [1.807, 2.05) is 19.1 Å². The second-order valence-electron chi connectivity index (χ2n) is 8.44. The molecule has 166 valence electrons. The van der Waals surface area contributed by atoms with Gasteiger partial charge in [-0.1, -0.05) is 0 Å². The number of carbonyl (C=O) groups excluding carboxylic acids is 1. The molecular weight excluding hydrogens is 469 g/mol. The van der Waals surface area contributed by atoms with Crippen LogP contribution in [0.2, 0.25) is 13.3 Å². The van der Waals surface area contributed by atoms with Crippen LogP contribution in [-0.4, -0.2) is 36.5 Å². The van der Waals surface area contributed by atoms with Crippen LogP contribution >= 0.6 is 0 Å². The Kier molecular flexibility index (Phi) is 12.9. The number of hydrogen-bond donors (Lipinski definition) is 0. The van der Waals surface area contributed by atoms with Crippen LogP contribution in [-0.2, 0) is 7.87 Å². The Bertz CT molecular complexity index is 576. The van der Waals surface area contributed by atoms with Crippen molar-refractivity contribution >= 4 is 30.5 Å². The van der Waals surface area contributed by atoms with Gasteiger partial charge in [0.25, 0.3) is 0 Å². The van der Waals surface area contributed by atoms with Crippen LogP contribution in [0, 0.1) is 5.92 Å².